The zero-order valence-electron chi connectivity index (χ0n) is 16.2. The summed E-state index contributed by atoms with van der Waals surface area (Å²) in [5, 5.41) is 13.0. The first-order valence-electron chi connectivity index (χ1n) is 9.29. The van der Waals surface area contributed by atoms with Gasteiger partial charge in [0.05, 0.1) is 16.6 Å². The van der Waals surface area contributed by atoms with Crippen molar-refractivity contribution in [3.8, 4) is 5.75 Å². The van der Waals surface area contributed by atoms with E-state index >= 15 is 0 Å². The monoisotopic (exact) mass is 426 g/mol. The van der Waals surface area contributed by atoms with Crippen molar-refractivity contribution in [3.05, 3.63) is 28.2 Å². The Kier molecular flexibility index (Phi) is 7.35. The molecule has 2 unspecified atom stereocenters. The van der Waals surface area contributed by atoms with E-state index in [0.29, 0.717) is 24.1 Å². The molecule has 2 N–H and O–H groups in total. The van der Waals surface area contributed by atoms with E-state index in [1.54, 1.807) is 25.8 Å². The van der Waals surface area contributed by atoms with Crippen molar-refractivity contribution in [1.29, 1.82) is 0 Å². The lowest BCUT2D eigenvalue weighted by atomic mass is 9.98. The summed E-state index contributed by atoms with van der Waals surface area (Å²) in [5.41, 5.74) is -0.0242. The Balaban J connectivity index is 1.95. The molecular weight excluding hydrogens is 396 g/mol. The average Bonchev–Trinajstić information content (AvgIpc) is 2.96. The minimum Gasteiger partial charge on any atom is -0.489 e. The number of amides is 2. The molecule has 146 valence electrons. The molecule has 1 aliphatic carbocycles. The highest BCUT2D eigenvalue weighted by Crippen LogP contribution is 2.31. The molecule has 0 heterocycles. The van der Waals surface area contributed by atoms with Crippen molar-refractivity contribution >= 4 is 22.0 Å². The summed E-state index contributed by atoms with van der Waals surface area (Å²) in [5.74, 6) is 1.94. The van der Waals surface area contributed by atoms with Crippen LogP contribution < -0.4 is 10.1 Å². The van der Waals surface area contributed by atoms with Gasteiger partial charge in [-0.25, -0.2) is 4.79 Å². The number of nitrogens with one attached hydrogen (secondary N) is 1. The van der Waals surface area contributed by atoms with Crippen LogP contribution in [-0.4, -0.2) is 41.8 Å². The Labute approximate surface area is 165 Å². The number of hydrogen-bond donors (Lipinski definition) is 2. The van der Waals surface area contributed by atoms with E-state index in [2.05, 4.69) is 28.2 Å². The molecule has 6 heteroatoms. The van der Waals surface area contributed by atoms with Crippen molar-refractivity contribution in [2.24, 2.45) is 11.8 Å². The molecule has 0 spiro atoms. The number of halogens is 1. The third-order valence-electron chi connectivity index (χ3n) is 4.93. The van der Waals surface area contributed by atoms with Gasteiger partial charge >= 0.3 is 6.03 Å². The first-order valence-corrected chi connectivity index (χ1v) is 10.1. The normalized spacial score (nSPS) is 20.1. The van der Waals surface area contributed by atoms with E-state index in [9.17, 15) is 9.90 Å². The predicted octanol–water partition coefficient (Wildman–Crippen LogP) is 4.18. The highest BCUT2D eigenvalue weighted by atomic mass is 79.9. The van der Waals surface area contributed by atoms with Crippen LogP contribution in [0.1, 0.15) is 45.6 Å². The van der Waals surface area contributed by atoms with Crippen molar-refractivity contribution in [2.75, 3.05) is 20.2 Å². The number of benzene rings is 1. The fraction of sp³-hybridized carbons (Fsp3) is 0.650. The third kappa shape index (κ3) is 6.16. The quantitative estimate of drug-likeness (QED) is 0.687. The van der Waals surface area contributed by atoms with Crippen LogP contribution in [-0.2, 0) is 6.54 Å². The second-order valence-electron chi connectivity index (χ2n) is 8.04. The van der Waals surface area contributed by atoms with Crippen LogP contribution >= 0.6 is 15.9 Å². The molecule has 26 heavy (non-hydrogen) atoms. The van der Waals surface area contributed by atoms with E-state index in [-0.39, 0.29) is 12.6 Å². The van der Waals surface area contributed by atoms with Crippen molar-refractivity contribution in [2.45, 2.75) is 52.2 Å². The number of para-hydroxylation sites is 1. The maximum atomic E-state index is 12.4. The topological polar surface area (TPSA) is 61.8 Å². The molecule has 0 radical (unpaired) electrons. The van der Waals surface area contributed by atoms with Gasteiger partial charge in [0.25, 0.3) is 0 Å². The standard InChI is InChI=1S/C20H31BrN2O3/c1-14-7-5-8-15(14)11-22-19(24)23(4)12-16-9-6-10-17(21)18(16)26-13-20(2,3)25/h6,9-10,14-15,25H,5,7-8,11-13H2,1-4H3,(H,22,24). The second-order valence-corrected chi connectivity index (χ2v) is 8.89. The lowest BCUT2D eigenvalue weighted by Crippen LogP contribution is -2.39. The molecule has 1 saturated carbocycles. The molecule has 1 aromatic carbocycles. The second kappa shape index (κ2) is 9.09. The van der Waals surface area contributed by atoms with Crippen LogP contribution in [0.2, 0.25) is 0 Å². The van der Waals surface area contributed by atoms with Gasteiger partial charge in [-0.05, 0) is 54.1 Å². The Hall–Kier alpha value is -1.27. The van der Waals surface area contributed by atoms with Crippen LogP contribution in [0.3, 0.4) is 0 Å². The molecule has 1 aromatic rings. The Morgan fingerprint density at radius 1 is 1.42 bits per heavy atom. The van der Waals surface area contributed by atoms with Crippen LogP contribution in [0, 0.1) is 11.8 Å². The van der Waals surface area contributed by atoms with Crippen LogP contribution in [0.4, 0.5) is 4.79 Å². The van der Waals surface area contributed by atoms with Gasteiger partial charge in [-0.2, -0.15) is 0 Å². The summed E-state index contributed by atoms with van der Waals surface area (Å²) in [6.07, 6.45) is 3.72. The highest BCUT2D eigenvalue weighted by molar-refractivity contribution is 9.10. The number of aliphatic hydroxyl groups is 1. The van der Waals surface area contributed by atoms with Crippen molar-refractivity contribution in [1.82, 2.24) is 10.2 Å². The molecule has 2 amide bonds. The fourth-order valence-corrected chi connectivity index (χ4v) is 3.82. The zero-order chi connectivity index (χ0) is 19.3. The van der Waals surface area contributed by atoms with E-state index in [0.717, 1.165) is 16.6 Å². The van der Waals surface area contributed by atoms with Crippen LogP contribution in [0.15, 0.2) is 22.7 Å². The number of hydrogen-bond acceptors (Lipinski definition) is 3. The fourth-order valence-electron chi connectivity index (χ4n) is 3.29. The number of urea groups is 1. The Morgan fingerprint density at radius 2 is 2.15 bits per heavy atom. The SMILES string of the molecule is CC1CCCC1CNC(=O)N(C)Cc1cccc(Br)c1OCC(C)(C)O. The molecule has 5 nitrogen and oxygen atoms in total. The third-order valence-corrected chi connectivity index (χ3v) is 5.55. The summed E-state index contributed by atoms with van der Waals surface area (Å²) in [4.78, 5) is 14.1. The number of nitrogens with zero attached hydrogens (tertiary/aromatic N) is 1. The summed E-state index contributed by atoms with van der Waals surface area (Å²) in [6.45, 7) is 7.02. The van der Waals surface area contributed by atoms with Gasteiger partial charge in [0.1, 0.15) is 12.4 Å². The molecule has 0 bridgehead atoms. The minimum absolute atomic E-state index is 0.0717. The first-order chi connectivity index (χ1) is 12.2. The molecule has 2 rings (SSSR count). The molecule has 2 atom stereocenters. The predicted molar refractivity (Wildman–Crippen MR) is 107 cm³/mol. The van der Waals surface area contributed by atoms with Crippen molar-refractivity contribution < 1.29 is 14.6 Å². The molecule has 0 saturated heterocycles. The number of carbonyl (C=O) groups is 1. The van der Waals surface area contributed by atoms with Gasteiger partial charge in [-0.3, -0.25) is 0 Å². The average molecular weight is 427 g/mol. The Bertz CT molecular complexity index is 616. The molecule has 1 fully saturated rings. The van der Waals surface area contributed by atoms with E-state index in [1.807, 2.05) is 18.2 Å². The maximum absolute atomic E-state index is 12.4. The van der Waals surface area contributed by atoms with Gasteiger partial charge in [0.2, 0.25) is 0 Å². The lowest BCUT2D eigenvalue weighted by Gasteiger charge is -2.24. The largest absolute Gasteiger partial charge is 0.489 e. The summed E-state index contributed by atoms with van der Waals surface area (Å²) >= 11 is 3.50. The highest BCUT2D eigenvalue weighted by Gasteiger charge is 2.24. The summed E-state index contributed by atoms with van der Waals surface area (Å²) in [7, 11) is 1.79. The number of carbonyl (C=O) groups excluding carboxylic acids is 1. The molecule has 0 aromatic heterocycles. The summed E-state index contributed by atoms with van der Waals surface area (Å²) < 4.78 is 6.63. The van der Waals surface area contributed by atoms with Crippen LogP contribution in [0.25, 0.3) is 0 Å². The van der Waals surface area contributed by atoms with E-state index in [4.69, 9.17) is 4.74 Å². The van der Waals surface area contributed by atoms with E-state index in [1.165, 1.54) is 19.3 Å². The lowest BCUT2D eigenvalue weighted by molar-refractivity contribution is 0.0277. The molecule has 0 aliphatic heterocycles. The first kappa shape index (κ1) is 21.0. The smallest absolute Gasteiger partial charge is 0.317 e. The zero-order valence-corrected chi connectivity index (χ0v) is 17.8. The van der Waals surface area contributed by atoms with Gasteiger partial charge in [0.15, 0.2) is 0 Å². The van der Waals surface area contributed by atoms with Gasteiger partial charge in [-0.1, -0.05) is 31.9 Å². The van der Waals surface area contributed by atoms with Gasteiger partial charge in [0, 0.05) is 19.2 Å². The Morgan fingerprint density at radius 3 is 2.77 bits per heavy atom. The maximum Gasteiger partial charge on any atom is 0.317 e. The van der Waals surface area contributed by atoms with E-state index < -0.39 is 5.60 Å². The van der Waals surface area contributed by atoms with Crippen molar-refractivity contribution in [3.63, 3.8) is 0 Å². The van der Waals surface area contributed by atoms with Gasteiger partial charge < -0.3 is 20.1 Å². The minimum atomic E-state index is -0.923. The summed E-state index contributed by atoms with van der Waals surface area (Å²) in [6, 6.07) is 5.68. The number of ether oxygens (including phenoxy) is 1. The van der Waals surface area contributed by atoms with Gasteiger partial charge in [-0.15, -0.1) is 0 Å². The molecule has 1 aliphatic rings. The number of rotatable bonds is 7. The molecular formula is C20H31BrN2O3. The van der Waals surface area contributed by atoms with Crippen LogP contribution in [0.5, 0.6) is 5.75 Å².